The zero-order chi connectivity index (χ0) is 18.1. The van der Waals surface area contributed by atoms with Crippen LogP contribution >= 0.6 is 0 Å². The van der Waals surface area contributed by atoms with Gasteiger partial charge in [0.2, 0.25) is 0 Å². The number of aryl methyl sites for hydroxylation is 2. The Bertz CT molecular complexity index is 978. The van der Waals surface area contributed by atoms with Crippen molar-refractivity contribution < 1.29 is 0 Å². The number of benzene rings is 1. The third-order valence-corrected chi connectivity index (χ3v) is 5.11. The second-order valence-electron chi connectivity index (χ2n) is 6.71. The van der Waals surface area contributed by atoms with Crippen LogP contribution in [0.3, 0.4) is 0 Å². The maximum Gasteiger partial charge on any atom is 0.251 e. The molecule has 1 aromatic carbocycles. The van der Waals surface area contributed by atoms with Crippen molar-refractivity contribution in [2.75, 3.05) is 11.9 Å². The number of aromatic nitrogens is 3. The van der Waals surface area contributed by atoms with E-state index in [0.717, 1.165) is 36.3 Å². The van der Waals surface area contributed by atoms with E-state index in [1.165, 1.54) is 17.2 Å². The molecule has 1 aliphatic rings. The van der Waals surface area contributed by atoms with Crippen molar-refractivity contribution in [1.82, 2.24) is 15.0 Å². The molecule has 0 radical (unpaired) electrons. The molecule has 1 atom stereocenters. The highest BCUT2D eigenvalue weighted by atomic mass is 16.1. The second kappa shape index (κ2) is 6.75. The summed E-state index contributed by atoms with van der Waals surface area (Å²) in [7, 11) is 2.09. The SMILES string of the molecule is CCc1cc(=O)[nH]c(-c2ccc(N(C)C3CCc4ccccc43)nc2)n1. The molecule has 0 saturated heterocycles. The molecule has 0 amide bonds. The summed E-state index contributed by atoms with van der Waals surface area (Å²) < 4.78 is 0. The number of nitrogens with zero attached hydrogens (tertiary/aromatic N) is 3. The summed E-state index contributed by atoms with van der Waals surface area (Å²) in [5.41, 5.74) is 4.30. The maximum absolute atomic E-state index is 11.8. The van der Waals surface area contributed by atoms with Crippen molar-refractivity contribution >= 4 is 5.82 Å². The van der Waals surface area contributed by atoms with Gasteiger partial charge in [-0.15, -0.1) is 0 Å². The summed E-state index contributed by atoms with van der Waals surface area (Å²) >= 11 is 0. The standard InChI is InChI=1S/C21H22N4O/c1-3-16-12-20(26)24-21(23-16)15-9-11-19(22-13-15)25(2)18-10-8-14-6-4-5-7-17(14)18/h4-7,9,11-13,18H,3,8,10H2,1-2H3,(H,23,24,26). The van der Waals surface area contributed by atoms with Crippen molar-refractivity contribution in [3.8, 4) is 11.4 Å². The fourth-order valence-corrected chi connectivity index (χ4v) is 3.66. The average Bonchev–Trinajstić information content (AvgIpc) is 3.11. The normalized spacial score (nSPS) is 15.7. The summed E-state index contributed by atoms with van der Waals surface area (Å²) in [6.45, 7) is 1.99. The lowest BCUT2D eigenvalue weighted by Gasteiger charge is -2.26. The summed E-state index contributed by atoms with van der Waals surface area (Å²) in [5.74, 6) is 1.49. The number of rotatable bonds is 4. The van der Waals surface area contributed by atoms with Gasteiger partial charge in [0, 0.05) is 30.6 Å². The lowest BCUT2D eigenvalue weighted by molar-refractivity contribution is 0.655. The fourth-order valence-electron chi connectivity index (χ4n) is 3.66. The van der Waals surface area contributed by atoms with Gasteiger partial charge in [-0.25, -0.2) is 9.97 Å². The molecule has 132 valence electrons. The lowest BCUT2D eigenvalue weighted by Crippen LogP contribution is -2.23. The van der Waals surface area contributed by atoms with Gasteiger partial charge in [0.1, 0.15) is 11.6 Å². The first kappa shape index (κ1) is 16.5. The van der Waals surface area contributed by atoms with Crippen molar-refractivity contribution in [1.29, 1.82) is 0 Å². The Morgan fingerprint density at radius 1 is 1.23 bits per heavy atom. The van der Waals surface area contributed by atoms with Crippen molar-refractivity contribution in [2.24, 2.45) is 0 Å². The molecule has 0 fully saturated rings. The molecule has 3 aromatic rings. The van der Waals surface area contributed by atoms with Gasteiger partial charge < -0.3 is 9.88 Å². The van der Waals surface area contributed by atoms with Crippen LogP contribution in [0.4, 0.5) is 5.82 Å². The largest absolute Gasteiger partial charge is 0.353 e. The van der Waals surface area contributed by atoms with E-state index in [4.69, 9.17) is 0 Å². The number of H-pyrrole nitrogens is 1. The highest BCUT2D eigenvalue weighted by molar-refractivity contribution is 5.57. The molecule has 1 aliphatic carbocycles. The van der Waals surface area contributed by atoms with Crippen molar-refractivity contribution in [3.05, 3.63) is 75.8 Å². The predicted octanol–water partition coefficient (Wildman–Crippen LogP) is 3.52. The Balaban J connectivity index is 1.60. The van der Waals surface area contributed by atoms with Gasteiger partial charge in [-0.2, -0.15) is 0 Å². The fraction of sp³-hybridized carbons (Fsp3) is 0.286. The summed E-state index contributed by atoms with van der Waals surface area (Å²) in [6.07, 6.45) is 4.72. The van der Waals surface area contributed by atoms with Crippen LogP contribution in [0.1, 0.15) is 36.2 Å². The number of nitrogens with one attached hydrogen (secondary N) is 1. The minimum atomic E-state index is -0.129. The summed E-state index contributed by atoms with van der Waals surface area (Å²) in [4.78, 5) is 25.9. The van der Waals surface area contributed by atoms with Gasteiger partial charge in [-0.05, 0) is 42.5 Å². The molecule has 1 N–H and O–H groups in total. The Labute approximate surface area is 152 Å². The molecule has 0 saturated carbocycles. The van der Waals surface area contributed by atoms with E-state index < -0.39 is 0 Å². The first-order valence-corrected chi connectivity index (χ1v) is 9.03. The van der Waals surface area contributed by atoms with E-state index >= 15 is 0 Å². The van der Waals surface area contributed by atoms with Gasteiger partial charge in [-0.3, -0.25) is 4.79 Å². The molecular weight excluding hydrogens is 324 g/mol. The van der Waals surface area contributed by atoms with E-state index in [9.17, 15) is 4.79 Å². The number of aromatic amines is 1. The second-order valence-corrected chi connectivity index (χ2v) is 6.71. The van der Waals surface area contributed by atoms with Gasteiger partial charge in [0.25, 0.3) is 5.56 Å². The molecule has 5 heteroatoms. The molecule has 0 spiro atoms. The Hall–Kier alpha value is -2.95. The monoisotopic (exact) mass is 346 g/mol. The smallest absolute Gasteiger partial charge is 0.251 e. The van der Waals surface area contributed by atoms with E-state index in [0.29, 0.717) is 11.9 Å². The van der Waals surface area contributed by atoms with Gasteiger partial charge in [-0.1, -0.05) is 31.2 Å². The molecule has 2 aromatic heterocycles. The summed E-state index contributed by atoms with van der Waals surface area (Å²) in [6, 6.07) is 14.5. The Morgan fingerprint density at radius 3 is 2.85 bits per heavy atom. The molecule has 5 nitrogen and oxygen atoms in total. The predicted molar refractivity (Wildman–Crippen MR) is 103 cm³/mol. The highest BCUT2D eigenvalue weighted by Crippen LogP contribution is 2.36. The summed E-state index contributed by atoms with van der Waals surface area (Å²) in [5, 5.41) is 0. The highest BCUT2D eigenvalue weighted by Gasteiger charge is 2.26. The first-order valence-electron chi connectivity index (χ1n) is 9.03. The zero-order valence-corrected chi connectivity index (χ0v) is 15.1. The van der Waals surface area contributed by atoms with E-state index in [1.54, 1.807) is 6.20 Å². The number of hydrogen-bond acceptors (Lipinski definition) is 4. The van der Waals surface area contributed by atoms with Crippen LogP contribution in [0.2, 0.25) is 0 Å². The van der Waals surface area contributed by atoms with Crippen molar-refractivity contribution in [3.63, 3.8) is 0 Å². The molecule has 2 heterocycles. The van der Waals surface area contributed by atoms with Crippen LogP contribution in [-0.2, 0) is 12.8 Å². The van der Waals surface area contributed by atoms with E-state index in [2.05, 4.69) is 51.2 Å². The zero-order valence-electron chi connectivity index (χ0n) is 15.1. The number of anilines is 1. The molecule has 26 heavy (non-hydrogen) atoms. The van der Waals surface area contributed by atoms with Crippen LogP contribution in [0.5, 0.6) is 0 Å². The van der Waals surface area contributed by atoms with Gasteiger partial charge in [0.05, 0.1) is 6.04 Å². The first-order chi connectivity index (χ1) is 12.7. The van der Waals surface area contributed by atoms with Gasteiger partial charge in [0.15, 0.2) is 0 Å². The number of hydrogen-bond donors (Lipinski definition) is 1. The third-order valence-electron chi connectivity index (χ3n) is 5.11. The maximum atomic E-state index is 11.8. The number of pyridine rings is 1. The number of fused-ring (bicyclic) bond motifs is 1. The van der Waals surface area contributed by atoms with Crippen LogP contribution in [0.25, 0.3) is 11.4 Å². The van der Waals surface area contributed by atoms with E-state index in [-0.39, 0.29) is 5.56 Å². The molecule has 1 unspecified atom stereocenters. The quantitative estimate of drug-likeness (QED) is 0.785. The van der Waals surface area contributed by atoms with Gasteiger partial charge >= 0.3 is 0 Å². The topological polar surface area (TPSA) is 61.9 Å². The van der Waals surface area contributed by atoms with Crippen LogP contribution in [0, 0.1) is 0 Å². The van der Waals surface area contributed by atoms with Crippen LogP contribution in [-0.4, -0.2) is 22.0 Å². The molecule has 4 rings (SSSR count). The lowest BCUT2D eigenvalue weighted by atomic mass is 10.1. The van der Waals surface area contributed by atoms with Crippen LogP contribution in [0.15, 0.2) is 53.5 Å². The van der Waals surface area contributed by atoms with E-state index in [1.807, 2.05) is 19.1 Å². The Morgan fingerprint density at radius 2 is 2.08 bits per heavy atom. The third kappa shape index (κ3) is 3.01. The Kier molecular flexibility index (Phi) is 4.29. The van der Waals surface area contributed by atoms with Crippen molar-refractivity contribution in [2.45, 2.75) is 32.2 Å². The van der Waals surface area contributed by atoms with Crippen LogP contribution < -0.4 is 10.5 Å². The average molecular weight is 346 g/mol. The molecular formula is C21H22N4O. The molecule has 0 aliphatic heterocycles. The minimum Gasteiger partial charge on any atom is -0.353 e. The minimum absolute atomic E-state index is 0.129. The molecule has 0 bridgehead atoms.